The molecule has 0 bridgehead atoms. The van der Waals surface area contributed by atoms with Crippen LogP contribution in [-0.2, 0) is 0 Å². The molecule has 2 heterocycles. The fourth-order valence-electron chi connectivity index (χ4n) is 4.67. The van der Waals surface area contributed by atoms with E-state index in [1.165, 1.54) is 0 Å². The van der Waals surface area contributed by atoms with E-state index in [2.05, 4.69) is 31.0 Å². The predicted octanol–water partition coefficient (Wildman–Crippen LogP) is 5.54. The van der Waals surface area contributed by atoms with Gasteiger partial charge in [0.05, 0.1) is 17.3 Å². The maximum absolute atomic E-state index is 12.5. The first kappa shape index (κ1) is 28.9. The average molecular weight is 589 g/mol. The minimum absolute atomic E-state index is 0.0146. The SMILES string of the molecule is Cc1ccc(C(=O)NC2CC2)cc1N.Cc1nc(Nc2cc(C(=O)NC3CC3)ccc2C)c2cnn(-c3ccccc3)c2n1. The number of aryl methyl sites for hydroxylation is 3. The number of rotatable bonds is 7. The maximum Gasteiger partial charge on any atom is 0.251 e. The van der Waals surface area contributed by atoms with Crippen LogP contribution in [0.2, 0.25) is 0 Å². The Bertz CT molecular complexity index is 1840. The second-order valence-corrected chi connectivity index (χ2v) is 11.5. The minimum Gasteiger partial charge on any atom is -0.398 e. The topological polar surface area (TPSA) is 140 Å². The van der Waals surface area contributed by atoms with Gasteiger partial charge in [-0.25, -0.2) is 14.6 Å². The van der Waals surface area contributed by atoms with Gasteiger partial charge >= 0.3 is 0 Å². The fraction of sp³-hybridized carbons (Fsp3) is 0.265. The van der Waals surface area contributed by atoms with E-state index in [-0.39, 0.29) is 11.8 Å². The molecule has 2 amide bonds. The highest BCUT2D eigenvalue weighted by molar-refractivity contribution is 5.97. The van der Waals surface area contributed by atoms with Gasteiger partial charge in [-0.15, -0.1) is 0 Å². The second kappa shape index (κ2) is 12.2. The number of benzene rings is 3. The zero-order valence-electron chi connectivity index (χ0n) is 25.1. The van der Waals surface area contributed by atoms with E-state index in [1.54, 1.807) is 12.3 Å². The standard InChI is InChI=1S/C23H22N6O.C11H14N2O/c1-14-8-9-16(23(30)27-17-10-11-17)12-20(14)28-21-19-13-24-29(18-6-4-3-5-7-18)22(19)26-15(2)25-21;1-7-2-3-8(6-10(7)12)11(14)13-9-4-5-9/h3-9,12-13,17H,10-11H2,1-2H3,(H,27,30)(H,25,26,28);2-3,6,9H,4-5,12H2,1H3,(H,13,14). The third-order valence-corrected chi connectivity index (χ3v) is 7.66. The summed E-state index contributed by atoms with van der Waals surface area (Å²) in [6.07, 6.45) is 6.10. The van der Waals surface area contributed by atoms with Crippen LogP contribution < -0.4 is 21.7 Å². The number of anilines is 3. The molecule has 0 radical (unpaired) electrons. The van der Waals surface area contributed by atoms with Gasteiger partial charge in [-0.05, 0) is 94.0 Å². The van der Waals surface area contributed by atoms with Crippen molar-refractivity contribution < 1.29 is 9.59 Å². The van der Waals surface area contributed by atoms with Crippen molar-refractivity contribution >= 4 is 40.0 Å². The molecule has 2 aromatic heterocycles. The monoisotopic (exact) mass is 588 g/mol. The molecule has 7 rings (SSSR count). The molecular weight excluding hydrogens is 552 g/mol. The zero-order chi connectivity index (χ0) is 30.8. The molecule has 224 valence electrons. The lowest BCUT2D eigenvalue weighted by Crippen LogP contribution is -2.25. The van der Waals surface area contributed by atoms with Gasteiger partial charge in [0.1, 0.15) is 11.6 Å². The molecule has 3 aromatic carbocycles. The van der Waals surface area contributed by atoms with Crippen LogP contribution in [0.3, 0.4) is 0 Å². The first-order chi connectivity index (χ1) is 21.2. The molecule has 44 heavy (non-hydrogen) atoms. The van der Waals surface area contributed by atoms with Gasteiger partial charge in [-0.2, -0.15) is 5.10 Å². The van der Waals surface area contributed by atoms with Crippen molar-refractivity contribution in [3.8, 4) is 5.69 Å². The summed E-state index contributed by atoms with van der Waals surface area (Å²) in [4.78, 5) is 33.3. The molecule has 0 saturated heterocycles. The molecule has 0 unspecified atom stereocenters. The highest BCUT2D eigenvalue weighted by Crippen LogP contribution is 2.28. The van der Waals surface area contributed by atoms with Crippen LogP contribution >= 0.6 is 0 Å². The lowest BCUT2D eigenvalue weighted by molar-refractivity contribution is 0.0942. The molecule has 2 fully saturated rings. The van der Waals surface area contributed by atoms with Crippen LogP contribution in [0.5, 0.6) is 0 Å². The van der Waals surface area contributed by atoms with E-state index in [0.717, 1.165) is 59.2 Å². The number of carbonyl (C=O) groups excluding carboxylic acids is 2. The molecule has 0 aliphatic heterocycles. The normalized spacial score (nSPS) is 14.0. The number of aromatic nitrogens is 4. The van der Waals surface area contributed by atoms with Crippen molar-refractivity contribution in [3.63, 3.8) is 0 Å². The minimum atomic E-state index is -0.0403. The maximum atomic E-state index is 12.5. The van der Waals surface area contributed by atoms with Gasteiger partial charge in [-0.3, -0.25) is 9.59 Å². The number of nitrogens with two attached hydrogens (primary N) is 1. The van der Waals surface area contributed by atoms with Crippen molar-refractivity contribution in [2.24, 2.45) is 0 Å². The molecular formula is C34H36N8O2. The smallest absolute Gasteiger partial charge is 0.251 e. The van der Waals surface area contributed by atoms with Crippen LogP contribution in [0.1, 0.15) is 63.4 Å². The van der Waals surface area contributed by atoms with Crippen LogP contribution in [0.15, 0.2) is 72.9 Å². The van der Waals surface area contributed by atoms with Gasteiger partial charge < -0.3 is 21.7 Å². The molecule has 0 spiro atoms. The number of hydrogen-bond donors (Lipinski definition) is 4. The van der Waals surface area contributed by atoms with Crippen molar-refractivity contribution in [2.75, 3.05) is 11.1 Å². The quantitative estimate of drug-likeness (QED) is 0.183. The third-order valence-electron chi connectivity index (χ3n) is 7.66. The van der Waals surface area contributed by atoms with E-state index in [9.17, 15) is 9.59 Å². The lowest BCUT2D eigenvalue weighted by Gasteiger charge is -2.12. The summed E-state index contributed by atoms with van der Waals surface area (Å²) in [5.74, 6) is 1.26. The van der Waals surface area contributed by atoms with Gasteiger partial charge in [0, 0.05) is 34.6 Å². The van der Waals surface area contributed by atoms with Gasteiger partial charge in [-0.1, -0.05) is 30.3 Å². The van der Waals surface area contributed by atoms with E-state index < -0.39 is 0 Å². The fourth-order valence-corrected chi connectivity index (χ4v) is 4.67. The van der Waals surface area contributed by atoms with Crippen molar-refractivity contribution in [2.45, 2.75) is 58.5 Å². The third kappa shape index (κ3) is 6.70. The predicted molar refractivity (Wildman–Crippen MR) is 172 cm³/mol. The number of amides is 2. The summed E-state index contributed by atoms with van der Waals surface area (Å²) < 4.78 is 1.81. The Hall–Kier alpha value is -5.25. The summed E-state index contributed by atoms with van der Waals surface area (Å²) in [5.41, 5.74) is 12.2. The van der Waals surface area contributed by atoms with Crippen LogP contribution in [-0.4, -0.2) is 43.6 Å². The zero-order valence-corrected chi connectivity index (χ0v) is 25.1. The van der Waals surface area contributed by atoms with Gasteiger partial charge in [0.15, 0.2) is 5.65 Å². The Kier molecular flexibility index (Phi) is 7.97. The highest BCUT2D eigenvalue weighted by atomic mass is 16.2. The second-order valence-electron chi connectivity index (χ2n) is 11.5. The molecule has 2 aliphatic rings. The number of para-hydroxylation sites is 1. The molecule has 10 nitrogen and oxygen atoms in total. The number of nitrogen functional groups attached to an aromatic ring is 1. The summed E-state index contributed by atoms with van der Waals surface area (Å²) in [6, 6.07) is 21.7. The number of nitrogens with one attached hydrogen (secondary N) is 3. The molecule has 2 saturated carbocycles. The molecule has 10 heteroatoms. The summed E-state index contributed by atoms with van der Waals surface area (Å²) >= 11 is 0. The van der Waals surface area contributed by atoms with Crippen LogP contribution in [0, 0.1) is 20.8 Å². The molecule has 2 aliphatic carbocycles. The first-order valence-corrected chi connectivity index (χ1v) is 14.9. The Balaban J connectivity index is 0.000000205. The molecule has 0 atom stereocenters. The van der Waals surface area contributed by atoms with E-state index >= 15 is 0 Å². The highest BCUT2D eigenvalue weighted by Gasteiger charge is 2.25. The number of fused-ring (bicyclic) bond motifs is 1. The van der Waals surface area contributed by atoms with Crippen LogP contribution in [0.4, 0.5) is 17.2 Å². The Labute approximate surface area is 256 Å². The molecule has 5 N–H and O–H groups in total. The first-order valence-electron chi connectivity index (χ1n) is 14.9. The van der Waals surface area contributed by atoms with Gasteiger partial charge in [0.2, 0.25) is 0 Å². The number of hydrogen-bond acceptors (Lipinski definition) is 7. The van der Waals surface area contributed by atoms with Gasteiger partial charge in [0.25, 0.3) is 11.8 Å². The Morgan fingerprint density at radius 2 is 1.41 bits per heavy atom. The number of carbonyl (C=O) groups is 2. The largest absolute Gasteiger partial charge is 0.398 e. The average Bonchev–Trinajstić information content (AvgIpc) is 3.95. The van der Waals surface area contributed by atoms with Crippen LogP contribution in [0.25, 0.3) is 16.7 Å². The van der Waals surface area contributed by atoms with Crippen molar-refractivity contribution in [3.05, 3.63) is 101 Å². The van der Waals surface area contributed by atoms with E-state index in [1.807, 2.05) is 86.1 Å². The summed E-state index contributed by atoms with van der Waals surface area (Å²) in [6.45, 7) is 5.79. The molecule has 5 aromatic rings. The number of nitrogens with zero attached hydrogens (tertiary/aromatic N) is 4. The van der Waals surface area contributed by atoms with Crippen molar-refractivity contribution in [1.82, 2.24) is 30.4 Å². The lowest BCUT2D eigenvalue weighted by atomic mass is 10.1. The Morgan fingerprint density at radius 1 is 0.795 bits per heavy atom. The summed E-state index contributed by atoms with van der Waals surface area (Å²) in [7, 11) is 0. The summed E-state index contributed by atoms with van der Waals surface area (Å²) in [5, 5.41) is 14.7. The Morgan fingerprint density at radius 3 is 2.02 bits per heavy atom. The van der Waals surface area contributed by atoms with Crippen molar-refractivity contribution in [1.29, 1.82) is 0 Å². The van der Waals surface area contributed by atoms with E-state index in [4.69, 9.17) is 5.73 Å². The van der Waals surface area contributed by atoms with E-state index in [0.29, 0.717) is 40.5 Å².